The molecular weight excluding hydrogens is 352 g/mol. The summed E-state index contributed by atoms with van der Waals surface area (Å²) in [6.07, 6.45) is 0.0357. The van der Waals surface area contributed by atoms with Crippen molar-refractivity contribution in [1.29, 1.82) is 0 Å². The van der Waals surface area contributed by atoms with Gasteiger partial charge in [0.25, 0.3) is 0 Å². The van der Waals surface area contributed by atoms with Crippen LogP contribution in [-0.2, 0) is 9.57 Å². The van der Waals surface area contributed by atoms with Crippen LogP contribution in [0.2, 0.25) is 0 Å². The molecule has 1 aliphatic rings. The fraction of sp³-hybridized carbons (Fsp3) is 0.174. The van der Waals surface area contributed by atoms with Crippen molar-refractivity contribution in [3.05, 3.63) is 96.6 Å². The number of carbonyl (C=O) groups excluding carboxylic acids is 1. The third-order valence-electron chi connectivity index (χ3n) is 4.65. The van der Waals surface area contributed by atoms with Crippen LogP contribution in [0.15, 0.2) is 91.0 Å². The average molecular weight is 374 g/mol. The molecule has 0 spiro atoms. The lowest BCUT2D eigenvalue weighted by Gasteiger charge is -2.25. The van der Waals surface area contributed by atoms with Gasteiger partial charge in [-0.15, -0.1) is 0 Å². The number of rotatable bonds is 5. The monoisotopic (exact) mass is 374 g/mol. The van der Waals surface area contributed by atoms with E-state index in [0.717, 1.165) is 12.1 Å². The van der Waals surface area contributed by atoms with E-state index in [-0.39, 0.29) is 18.8 Å². The minimum Gasteiger partial charge on any atom is -0.446 e. The van der Waals surface area contributed by atoms with E-state index in [1.54, 1.807) is 0 Å². The summed E-state index contributed by atoms with van der Waals surface area (Å²) in [5.41, 5.74) is 2.85. The number of hydrogen-bond acceptors (Lipinski definition) is 4. The van der Waals surface area contributed by atoms with Crippen molar-refractivity contribution in [2.75, 3.05) is 17.0 Å². The topological polar surface area (TPSA) is 50.8 Å². The van der Waals surface area contributed by atoms with Crippen molar-refractivity contribution in [2.45, 2.75) is 18.6 Å². The number of hydrogen-bond donors (Lipinski definition) is 1. The number of hydroxylamine groups is 1. The SMILES string of the molecule is O=C(Nc1ccccc1)OC[C@@H]1C[C@@H](c2ccccc2)N(c2ccccc2)O1. The van der Waals surface area contributed by atoms with E-state index >= 15 is 0 Å². The zero-order valence-electron chi connectivity index (χ0n) is 15.4. The number of benzene rings is 3. The summed E-state index contributed by atoms with van der Waals surface area (Å²) in [6, 6.07) is 29.5. The first-order valence-electron chi connectivity index (χ1n) is 9.34. The fourth-order valence-corrected chi connectivity index (χ4v) is 3.33. The van der Waals surface area contributed by atoms with E-state index in [1.165, 1.54) is 5.56 Å². The van der Waals surface area contributed by atoms with Gasteiger partial charge in [0.15, 0.2) is 0 Å². The number of para-hydroxylation sites is 2. The molecule has 0 saturated carbocycles. The molecule has 0 aromatic heterocycles. The zero-order valence-corrected chi connectivity index (χ0v) is 15.4. The molecule has 5 heteroatoms. The number of ether oxygens (including phenoxy) is 1. The number of nitrogens with one attached hydrogen (secondary N) is 1. The number of carbonyl (C=O) groups is 1. The quantitative estimate of drug-likeness (QED) is 0.668. The third kappa shape index (κ3) is 4.32. The van der Waals surface area contributed by atoms with Gasteiger partial charge in [-0.3, -0.25) is 10.2 Å². The van der Waals surface area contributed by atoms with Crippen molar-refractivity contribution >= 4 is 17.5 Å². The standard InChI is InChI=1S/C23H22N2O3/c26-23(24-19-12-6-2-7-13-19)27-17-21-16-22(18-10-4-1-5-11-18)25(28-21)20-14-8-3-9-15-20/h1-15,21-22H,16-17H2,(H,24,26)/t21-,22-/m0/s1. The molecule has 3 aromatic rings. The van der Waals surface area contributed by atoms with Crippen LogP contribution in [-0.4, -0.2) is 18.8 Å². The van der Waals surface area contributed by atoms with Gasteiger partial charge < -0.3 is 4.74 Å². The minimum absolute atomic E-state index is 0.0642. The molecule has 142 valence electrons. The lowest BCUT2D eigenvalue weighted by molar-refractivity contribution is 0.0329. The number of amides is 1. The normalized spacial score (nSPS) is 18.6. The van der Waals surface area contributed by atoms with E-state index in [9.17, 15) is 4.79 Å². The molecule has 0 radical (unpaired) electrons. The predicted octanol–water partition coefficient (Wildman–Crippen LogP) is 5.19. The molecule has 1 fully saturated rings. The van der Waals surface area contributed by atoms with E-state index < -0.39 is 6.09 Å². The molecule has 1 amide bonds. The molecular formula is C23H22N2O3. The third-order valence-corrected chi connectivity index (χ3v) is 4.65. The van der Waals surface area contributed by atoms with Crippen molar-refractivity contribution in [1.82, 2.24) is 0 Å². The highest BCUT2D eigenvalue weighted by molar-refractivity contribution is 5.84. The molecule has 1 saturated heterocycles. The van der Waals surface area contributed by atoms with Gasteiger partial charge in [0.05, 0.1) is 11.7 Å². The number of anilines is 2. The van der Waals surface area contributed by atoms with Gasteiger partial charge in [0.2, 0.25) is 0 Å². The lowest BCUT2D eigenvalue weighted by Crippen LogP contribution is -2.25. The predicted molar refractivity (Wildman–Crippen MR) is 109 cm³/mol. The average Bonchev–Trinajstić information content (AvgIpc) is 3.19. The molecule has 1 aliphatic heterocycles. The summed E-state index contributed by atoms with van der Waals surface area (Å²) in [5.74, 6) is 0. The van der Waals surface area contributed by atoms with Crippen LogP contribution >= 0.6 is 0 Å². The Morgan fingerprint density at radius 3 is 2.21 bits per heavy atom. The summed E-state index contributed by atoms with van der Waals surface area (Å²) < 4.78 is 5.40. The molecule has 0 aliphatic carbocycles. The maximum Gasteiger partial charge on any atom is 0.411 e. The van der Waals surface area contributed by atoms with Crippen molar-refractivity contribution in [3.63, 3.8) is 0 Å². The van der Waals surface area contributed by atoms with Gasteiger partial charge >= 0.3 is 6.09 Å². The second kappa shape index (κ2) is 8.59. The molecule has 1 N–H and O–H groups in total. The van der Waals surface area contributed by atoms with Gasteiger partial charge in [0, 0.05) is 12.1 Å². The first kappa shape index (κ1) is 18.1. The van der Waals surface area contributed by atoms with Crippen molar-refractivity contribution < 1.29 is 14.4 Å². The largest absolute Gasteiger partial charge is 0.446 e. The first-order chi connectivity index (χ1) is 13.8. The maximum atomic E-state index is 12.1. The molecule has 4 rings (SSSR count). The highest BCUT2D eigenvalue weighted by Crippen LogP contribution is 2.37. The molecule has 0 unspecified atom stereocenters. The molecule has 3 aromatic carbocycles. The Balaban J connectivity index is 1.42. The smallest absolute Gasteiger partial charge is 0.411 e. The summed E-state index contributed by atoms with van der Waals surface area (Å²) >= 11 is 0. The molecule has 5 nitrogen and oxygen atoms in total. The molecule has 1 heterocycles. The molecule has 0 bridgehead atoms. The van der Waals surface area contributed by atoms with Crippen LogP contribution in [0.3, 0.4) is 0 Å². The van der Waals surface area contributed by atoms with Crippen LogP contribution < -0.4 is 10.4 Å². The van der Waals surface area contributed by atoms with Gasteiger partial charge in [0.1, 0.15) is 12.7 Å². The molecule has 2 atom stereocenters. The van der Waals surface area contributed by atoms with Gasteiger partial charge in [-0.25, -0.2) is 9.86 Å². The Morgan fingerprint density at radius 2 is 1.54 bits per heavy atom. The van der Waals surface area contributed by atoms with Crippen LogP contribution in [0.1, 0.15) is 18.0 Å². The van der Waals surface area contributed by atoms with E-state index in [2.05, 4.69) is 17.4 Å². The minimum atomic E-state index is -0.482. The zero-order chi connectivity index (χ0) is 19.2. The Bertz CT molecular complexity index is 840. The van der Waals surface area contributed by atoms with Crippen LogP contribution in [0, 0.1) is 0 Å². The van der Waals surface area contributed by atoms with Crippen LogP contribution in [0.5, 0.6) is 0 Å². The summed E-state index contributed by atoms with van der Waals surface area (Å²) in [4.78, 5) is 18.2. The Morgan fingerprint density at radius 1 is 0.929 bits per heavy atom. The Hall–Kier alpha value is -3.31. The van der Waals surface area contributed by atoms with E-state index in [1.807, 2.05) is 83.9 Å². The van der Waals surface area contributed by atoms with Crippen molar-refractivity contribution in [3.8, 4) is 0 Å². The first-order valence-corrected chi connectivity index (χ1v) is 9.34. The van der Waals surface area contributed by atoms with Crippen LogP contribution in [0.4, 0.5) is 16.2 Å². The maximum absolute atomic E-state index is 12.1. The van der Waals surface area contributed by atoms with E-state index in [4.69, 9.17) is 9.57 Å². The lowest BCUT2D eigenvalue weighted by atomic mass is 10.0. The Kier molecular flexibility index (Phi) is 5.54. The highest BCUT2D eigenvalue weighted by atomic mass is 16.7. The molecule has 28 heavy (non-hydrogen) atoms. The second-order valence-electron chi connectivity index (χ2n) is 6.64. The highest BCUT2D eigenvalue weighted by Gasteiger charge is 2.35. The second-order valence-corrected chi connectivity index (χ2v) is 6.64. The summed E-state index contributed by atoms with van der Waals surface area (Å²) in [7, 11) is 0. The van der Waals surface area contributed by atoms with Gasteiger partial charge in [-0.05, 0) is 29.8 Å². The fourth-order valence-electron chi connectivity index (χ4n) is 3.33. The van der Waals surface area contributed by atoms with Crippen molar-refractivity contribution in [2.24, 2.45) is 0 Å². The summed E-state index contributed by atoms with van der Waals surface area (Å²) in [5, 5.41) is 4.64. The van der Waals surface area contributed by atoms with Gasteiger partial charge in [-0.2, -0.15) is 0 Å². The van der Waals surface area contributed by atoms with E-state index in [0.29, 0.717) is 5.69 Å². The summed E-state index contributed by atoms with van der Waals surface area (Å²) in [6.45, 7) is 0.186. The van der Waals surface area contributed by atoms with Gasteiger partial charge in [-0.1, -0.05) is 66.7 Å². The Labute approximate surface area is 164 Å². The number of nitrogens with zero attached hydrogens (tertiary/aromatic N) is 1. The van der Waals surface area contributed by atoms with Crippen LogP contribution in [0.25, 0.3) is 0 Å².